The molecule has 1 N–H and O–H groups in total. The monoisotopic (exact) mass is 221 g/mol. The van der Waals surface area contributed by atoms with E-state index in [0.29, 0.717) is 6.54 Å². The van der Waals surface area contributed by atoms with Gasteiger partial charge in [-0.3, -0.25) is 4.79 Å². The molecule has 1 aromatic rings. The maximum atomic E-state index is 11.6. The second-order valence-electron chi connectivity index (χ2n) is 3.39. The van der Waals surface area contributed by atoms with Crippen molar-refractivity contribution in [3.05, 3.63) is 21.9 Å². The maximum absolute atomic E-state index is 11.6. The molecule has 0 bridgehead atoms. The predicted octanol–water partition coefficient (Wildman–Crippen LogP) is 2.59. The number of thiophene rings is 1. The number of nitrogens with one attached hydrogen (secondary N) is 1. The van der Waals surface area contributed by atoms with Gasteiger partial charge in [0.15, 0.2) is 0 Å². The van der Waals surface area contributed by atoms with E-state index in [0.717, 1.165) is 30.4 Å². The molecule has 0 spiro atoms. The van der Waals surface area contributed by atoms with E-state index in [1.807, 2.05) is 17.7 Å². The molecule has 0 aromatic carbocycles. The number of hydrogen-bond donors (Lipinski definition) is 1. The van der Waals surface area contributed by atoms with Gasteiger partial charge in [0.05, 0.1) is 5.56 Å². The standard InChI is InChI=1S/C12H15NOS/c1-3-4-5-6-7-13-12(14)11-9-15-8-10(11)2/h1,8-9H,4-7H2,2H3,(H,13,14). The minimum atomic E-state index is 0.0226. The van der Waals surface area contributed by atoms with Crippen LogP contribution in [-0.2, 0) is 0 Å². The Morgan fingerprint density at radius 3 is 2.93 bits per heavy atom. The van der Waals surface area contributed by atoms with Crippen LogP contribution in [0.4, 0.5) is 0 Å². The quantitative estimate of drug-likeness (QED) is 0.601. The summed E-state index contributed by atoms with van der Waals surface area (Å²) in [5, 5.41) is 6.74. The van der Waals surface area contributed by atoms with Gasteiger partial charge in [0.1, 0.15) is 0 Å². The molecule has 0 saturated carbocycles. The number of unbranched alkanes of at least 4 members (excludes halogenated alkanes) is 2. The highest BCUT2D eigenvalue weighted by molar-refractivity contribution is 7.08. The Labute approximate surface area is 94.7 Å². The summed E-state index contributed by atoms with van der Waals surface area (Å²) >= 11 is 1.55. The lowest BCUT2D eigenvalue weighted by Gasteiger charge is -2.03. The summed E-state index contributed by atoms with van der Waals surface area (Å²) in [5.74, 6) is 2.60. The van der Waals surface area contributed by atoms with Gasteiger partial charge in [0, 0.05) is 18.3 Å². The van der Waals surface area contributed by atoms with Crippen LogP contribution in [0.15, 0.2) is 10.8 Å². The molecule has 0 saturated heterocycles. The van der Waals surface area contributed by atoms with Crippen molar-refractivity contribution >= 4 is 17.2 Å². The van der Waals surface area contributed by atoms with Crippen molar-refractivity contribution in [2.24, 2.45) is 0 Å². The molecule has 1 aromatic heterocycles. The summed E-state index contributed by atoms with van der Waals surface area (Å²) in [7, 11) is 0. The fourth-order valence-electron chi connectivity index (χ4n) is 1.24. The highest BCUT2D eigenvalue weighted by Crippen LogP contribution is 2.13. The lowest BCUT2D eigenvalue weighted by molar-refractivity contribution is 0.0953. The zero-order valence-corrected chi connectivity index (χ0v) is 9.69. The van der Waals surface area contributed by atoms with E-state index in [9.17, 15) is 4.79 Å². The average molecular weight is 221 g/mol. The Hall–Kier alpha value is -1.27. The number of hydrogen-bond acceptors (Lipinski definition) is 2. The summed E-state index contributed by atoms with van der Waals surface area (Å²) in [6, 6.07) is 0. The van der Waals surface area contributed by atoms with Gasteiger partial charge in [-0.1, -0.05) is 0 Å². The SMILES string of the molecule is C#CCCCCNC(=O)c1cscc1C. The van der Waals surface area contributed by atoms with Gasteiger partial charge < -0.3 is 5.32 Å². The first-order valence-corrected chi connectivity index (χ1v) is 5.94. The molecule has 0 radical (unpaired) electrons. The molecule has 0 unspecified atom stereocenters. The van der Waals surface area contributed by atoms with Crippen molar-refractivity contribution in [3.63, 3.8) is 0 Å². The molecule has 1 heterocycles. The van der Waals surface area contributed by atoms with Crippen molar-refractivity contribution in [1.29, 1.82) is 0 Å². The Morgan fingerprint density at radius 2 is 2.33 bits per heavy atom. The molecule has 3 heteroatoms. The summed E-state index contributed by atoms with van der Waals surface area (Å²) in [4.78, 5) is 11.6. The first-order valence-electron chi connectivity index (χ1n) is 5.00. The van der Waals surface area contributed by atoms with E-state index in [1.54, 1.807) is 11.3 Å². The maximum Gasteiger partial charge on any atom is 0.252 e. The minimum absolute atomic E-state index is 0.0226. The van der Waals surface area contributed by atoms with Crippen molar-refractivity contribution in [2.45, 2.75) is 26.2 Å². The highest BCUT2D eigenvalue weighted by atomic mass is 32.1. The molecule has 0 aliphatic rings. The van der Waals surface area contributed by atoms with E-state index < -0.39 is 0 Å². The zero-order chi connectivity index (χ0) is 11.1. The van der Waals surface area contributed by atoms with Gasteiger partial charge in [-0.25, -0.2) is 0 Å². The fraction of sp³-hybridized carbons (Fsp3) is 0.417. The number of terminal acetylenes is 1. The summed E-state index contributed by atoms with van der Waals surface area (Å²) in [6.45, 7) is 2.65. The Kier molecular flexibility index (Phi) is 4.92. The van der Waals surface area contributed by atoms with Crippen LogP contribution in [0.2, 0.25) is 0 Å². The minimum Gasteiger partial charge on any atom is -0.352 e. The first-order chi connectivity index (χ1) is 7.25. The van der Waals surface area contributed by atoms with E-state index >= 15 is 0 Å². The second-order valence-corrected chi connectivity index (χ2v) is 4.13. The molecule has 15 heavy (non-hydrogen) atoms. The smallest absolute Gasteiger partial charge is 0.252 e. The van der Waals surface area contributed by atoms with Gasteiger partial charge >= 0.3 is 0 Å². The first kappa shape index (κ1) is 11.8. The Morgan fingerprint density at radius 1 is 1.53 bits per heavy atom. The van der Waals surface area contributed by atoms with Gasteiger partial charge in [0.25, 0.3) is 5.91 Å². The zero-order valence-electron chi connectivity index (χ0n) is 8.88. The fourth-order valence-corrected chi connectivity index (χ4v) is 2.07. The normalized spacial score (nSPS) is 9.60. The highest BCUT2D eigenvalue weighted by Gasteiger charge is 2.07. The second kappa shape index (κ2) is 6.26. The third-order valence-corrected chi connectivity index (χ3v) is 3.00. The Balaban J connectivity index is 2.26. The molecule has 0 fully saturated rings. The third-order valence-electron chi connectivity index (χ3n) is 2.13. The number of carbonyl (C=O) groups excluding carboxylic acids is 1. The predicted molar refractivity (Wildman–Crippen MR) is 64.1 cm³/mol. The van der Waals surface area contributed by atoms with Crippen LogP contribution in [0.25, 0.3) is 0 Å². The third kappa shape index (κ3) is 3.77. The van der Waals surface area contributed by atoms with Crippen LogP contribution in [0.3, 0.4) is 0 Å². The number of rotatable bonds is 5. The molecule has 1 amide bonds. The van der Waals surface area contributed by atoms with E-state index in [1.165, 1.54) is 0 Å². The number of amides is 1. The molecule has 0 aliphatic carbocycles. The van der Waals surface area contributed by atoms with Crippen molar-refractivity contribution in [1.82, 2.24) is 5.32 Å². The van der Waals surface area contributed by atoms with Crippen molar-refractivity contribution < 1.29 is 4.79 Å². The largest absolute Gasteiger partial charge is 0.352 e. The molecule has 1 rings (SSSR count). The van der Waals surface area contributed by atoms with Crippen LogP contribution in [0.5, 0.6) is 0 Å². The van der Waals surface area contributed by atoms with Crippen LogP contribution >= 0.6 is 11.3 Å². The van der Waals surface area contributed by atoms with Crippen LogP contribution in [0, 0.1) is 19.3 Å². The van der Waals surface area contributed by atoms with E-state index in [4.69, 9.17) is 6.42 Å². The van der Waals surface area contributed by atoms with E-state index in [2.05, 4.69) is 11.2 Å². The Bertz CT molecular complexity index is 362. The molecule has 80 valence electrons. The molecule has 2 nitrogen and oxygen atoms in total. The van der Waals surface area contributed by atoms with E-state index in [-0.39, 0.29) is 5.91 Å². The molecule has 0 aliphatic heterocycles. The molecule has 0 atom stereocenters. The number of carbonyl (C=O) groups is 1. The number of aryl methyl sites for hydroxylation is 1. The molecular formula is C12H15NOS. The van der Waals surface area contributed by atoms with Gasteiger partial charge in [0.2, 0.25) is 0 Å². The van der Waals surface area contributed by atoms with Gasteiger partial charge in [-0.15, -0.1) is 12.3 Å². The summed E-state index contributed by atoms with van der Waals surface area (Å²) < 4.78 is 0. The summed E-state index contributed by atoms with van der Waals surface area (Å²) in [5.41, 5.74) is 1.83. The van der Waals surface area contributed by atoms with Crippen molar-refractivity contribution in [3.8, 4) is 12.3 Å². The van der Waals surface area contributed by atoms with Crippen LogP contribution in [-0.4, -0.2) is 12.5 Å². The molecular weight excluding hydrogens is 206 g/mol. The summed E-state index contributed by atoms with van der Waals surface area (Å²) in [6.07, 6.45) is 7.83. The van der Waals surface area contributed by atoms with Crippen LogP contribution < -0.4 is 5.32 Å². The van der Waals surface area contributed by atoms with Crippen molar-refractivity contribution in [2.75, 3.05) is 6.54 Å². The van der Waals surface area contributed by atoms with Gasteiger partial charge in [-0.05, 0) is 30.7 Å². The van der Waals surface area contributed by atoms with Crippen LogP contribution in [0.1, 0.15) is 35.2 Å². The lowest BCUT2D eigenvalue weighted by atomic mass is 10.2. The average Bonchev–Trinajstić information content (AvgIpc) is 2.64. The topological polar surface area (TPSA) is 29.1 Å². The lowest BCUT2D eigenvalue weighted by Crippen LogP contribution is -2.24. The van der Waals surface area contributed by atoms with Gasteiger partial charge in [-0.2, -0.15) is 11.3 Å².